The Morgan fingerprint density at radius 2 is 1.92 bits per heavy atom. The summed E-state index contributed by atoms with van der Waals surface area (Å²) in [6.07, 6.45) is -0.422. The molecule has 0 aliphatic carbocycles. The molecule has 0 atom stereocenters. The molecule has 1 aliphatic rings. The van der Waals surface area contributed by atoms with Gasteiger partial charge in [0, 0.05) is 24.7 Å². The predicted molar refractivity (Wildman–Crippen MR) is 142 cm³/mol. The van der Waals surface area contributed by atoms with Crippen molar-refractivity contribution in [2.24, 2.45) is 5.92 Å². The fraction of sp³-hybridized carbons (Fsp3) is 0.519. The van der Waals surface area contributed by atoms with Gasteiger partial charge in [0.25, 0.3) is 0 Å². The van der Waals surface area contributed by atoms with Crippen LogP contribution in [0.5, 0.6) is 5.75 Å². The van der Waals surface area contributed by atoms with Gasteiger partial charge in [0.15, 0.2) is 8.32 Å². The van der Waals surface area contributed by atoms with E-state index in [9.17, 15) is 22.8 Å². The maximum absolute atomic E-state index is 13.3. The van der Waals surface area contributed by atoms with Crippen molar-refractivity contribution >= 4 is 25.7 Å². The molecule has 1 aliphatic heterocycles. The van der Waals surface area contributed by atoms with Crippen LogP contribution >= 0.6 is 0 Å². The minimum atomic E-state index is -4.61. The Balaban J connectivity index is 1.47. The predicted octanol–water partition coefficient (Wildman–Crippen LogP) is 5.96. The zero-order valence-electron chi connectivity index (χ0n) is 22.2. The number of nitrogens with zero attached hydrogens (tertiary/aromatic N) is 3. The summed E-state index contributed by atoms with van der Waals surface area (Å²) in [6, 6.07) is 8.71. The molecule has 1 saturated heterocycles. The average Bonchev–Trinajstić information content (AvgIpc) is 2.86. The molecule has 1 aromatic carbocycles. The molecule has 0 radical (unpaired) electrons. The monoisotopic (exact) mass is 548 g/mol. The molecule has 1 aromatic heterocycles. The number of benzene rings is 1. The van der Waals surface area contributed by atoms with E-state index in [1.165, 1.54) is 12.1 Å². The molecule has 1 fully saturated rings. The van der Waals surface area contributed by atoms with E-state index in [-0.39, 0.29) is 16.9 Å². The summed E-state index contributed by atoms with van der Waals surface area (Å²) in [7, 11) is -2.25. The number of hydrogen-bond donors (Lipinski definition) is 2. The van der Waals surface area contributed by atoms with Gasteiger partial charge in [-0.05, 0) is 74.1 Å². The number of rotatable bonds is 9. The third-order valence-corrected chi connectivity index (χ3v) is 11.1. The van der Waals surface area contributed by atoms with Crippen LogP contribution in [0.4, 0.5) is 24.7 Å². The molecule has 38 heavy (non-hydrogen) atoms. The Hall–Kier alpha value is -3.10. The fourth-order valence-electron chi connectivity index (χ4n) is 4.24. The van der Waals surface area contributed by atoms with Crippen molar-refractivity contribution in [3.8, 4) is 11.8 Å². The first-order valence-electron chi connectivity index (χ1n) is 12.7. The molecule has 206 valence electrons. The lowest BCUT2D eigenvalue weighted by atomic mass is 9.95. The lowest BCUT2D eigenvalue weighted by Crippen LogP contribution is -2.39. The van der Waals surface area contributed by atoms with Gasteiger partial charge in [0.2, 0.25) is 5.91 Å². The van der Waals surface area contributed by atoms with E-state index in [0.717, 1.165) is 18.9 Å². The lowest BCUT2D eigenvalue weighted by molar-refractivity contribution is -0.137. The van der Waals surface area contributed by atoms with Gasteiger partial charge in [-0.25, -0.2) is 4.98 Å². The minimum Gasteiger partial charge on any atom is -0.492 e. The zero-order valence-corrected chi connectivity index (χ0v) is 23.2. The first kappa shape index (κ1) is 29.5. The van der Waals surface area contributed by atoms with Gasteiger partial charge in [-0.1, -0.05) is 13.8 Å². The van der Waals surface area contributed by atoms with Gasteiger partial charge in [0.05, 0.1) is 30.0 Å². The number of amides is 1. The van der Waals surface area contributed by atoms with E-state index >= 15 is 0 Å². The Morgan fingerprint density at radius 1 is 1.24 bits per heavy atom. The van der Waals surface area contributed by atoms with E-state index in [1.807, 2.05) is 13.1 Å². The topological polar surface area (TPSA) is 98.5 Å². The van der Waals surface area contributed by atoms with Crippen LogP contribution < -0.4 is 15.0 Å². The van der Waals surface area contributed by atoms with Crippen LogP contribution in [0, 0.1) is 17.2 Å². The summed E-state index contributed by atoms with van der Waals surface area (Å²) in [4.78, 5) is 29.2. The Kier molecular flexibility index (Phi) is 9.10. The van der Waals surface area contributed by atoms with Gasteiger partial charge >= 0.3 is 6.18 Å². The number of hydrogen-bond acceptors (Lipinski definition) is 6. The van der Waals surface area contributed by atoms with E-state index < -0.39 is 25.6 Å². The van der Waals surface area contributed by atoms with Crippen molar-refractivity contribution in [3.05, 3.63) is 47.7 Å². The molecule has 3 rings (SSSR count). The van der Waals surface area contributed by atoms with Crippen molar-refractivity contribution in [3.63, 3.8) is 0 Å². The second-order valence-corrected chi connectivity index (χ2v) is 15.3. The normalized spacial score (nSPS) is 15.2. The van der Waals surface area contributed by atoms with Gasteiger partial charge in [0.1, 0.15) is 11.6 Å². The number of anilines is 2. The van der Waals surface area contributed by atoms with Crippen molar-refractivity contribution in [1.29, 1.82) is 5.26 Å². The fourth-order valence-corrected chi connectivity index (χ4v) is 5.03. The van der Waals surface area contributed by atoms with Gasteiger partial charge in [-0.3, -0.25) is 4.79 Å². The molecule has 2 N–H and O–H groups in total. The molecule has 2 aromatic rings. The van der Waals surface area contributed by atoms with Crippen molar-refractivity contribution in [2.45, 2.75) is 63.8 Å². The summed E-state index contributed by atoms with van der Waals surface area (Å²) >= 11 is 0. The minimum absolute atomic E-state index is 0.104. The van der Waals surface area contributed by atoms with Crippen LogP contribution in [-0.2, 0) is 11.0 Å². The first-order valence-corrected chi connectivity index (χ1v) is 15.6. The molecule has 1 amide bonds. The zero-order chi connectivity index (χ0) is 28.1. The van der Waals surface area contributed by atoms with E-state index in [4.69, 9.17) is 10.00 Å². The number of carbonyl (C=O) groups excluding carboxylic acids is 1. The Labute approximate surface area is 222 Å². The standard InChI is InChI=1S/C27H35F3N4O3Si/c1-26(2,38(3,4)36)12-5-15-37-22-8-9-24(32-18-22)33-25(35)19-10-13-34(14-11-19)21-7-6-20(17-31)23(16-21)27(28,29)30/h6-9,16,18-19,36H,5,10-15H2,1-4H3,(H,32,33,35). The number of pyridine rings is 1. The maximum Gasteiger partial charge on any atom is 0.417 e. The van der Waals surface area contributed by atoms with E-state index in [2.05, 4.69) is 24.1 Å². The summed E-state index contributed by atoms with van der Waals surface area (Å²) in [5, 5.41) is 11.7. The number of nitrogens with one attached hydrogen (secondary N) is 1. The molecule has 2 heterocycles. The van der Waals surface area contributed by atoms with Crippen LogP contribution in [0.1, 0.15) is 50.7 Å². The summed E-state index contributed by atoms with van der Waals surface area (Å²) in [5.41, 5.74) is -0.968. The van der Waals surface area contributed by atoms with Crippen LogP contribution in [0.2, 0.25) is 18.1 Å². The smallest absolute Gasteiger partial charge is 0.417 e. The third kappa shape index (κ3) is 7.48. The highest BCUT2D eigenvalue weighted by molar-refractivity contribution is 6.72. The van der Waals surface area contributed by atoms with Crippen LogP contribution in [0.25, 0.3) is 0 Å². The highest BCUT2D eigenvalue weighted by Crippen LogP contribution is 2.39. The Bertz CT molecular complexity index is 1150. The van der Waals surface area contributed by atoms with E-state index in [0.29, 0.717) is 49.8 Å². The lowest BCUT2D eigenvalue weighted by Gasteiger charge is -2.35. The number of alkyl halides is 3. The molecule has 0 spiro atoms. The van der Waals surface area contributed by atoms with Gasteiger partial charge in [-0.2, -0.15) is 18.4 Å². The molecule has 0 saturated carbocycles. The summed E-state index contributed by atoms with van der Waals surface area (Å²) in [6.45, 7) is 9.40. The first-order chi connectivity index (χ1) is 17.7. The van der Waals surface area contributed by atoms with Crippen LogP contribution in [0.15, 0.2) is 36.5 Å². The number of aromatic nitrogens is 1. The SMILES string of the molecule is CC(C)(CCCOc1ccc(NC(=O)C2CCN(c3ccc(C#N)c(C(F)(F)F)c3)CC2)nc1)[Si](C)(C)O. The van der Waals surface area contributed by atoms with E-state index in [1.54, 1.807) is 29.3 Å². The largest absolute Gasteiger partial charge is 0.492 e. The number of carbonyl (C=O) groups is 1. The van der Waals surface area contributed by atoms with Crippen LogP contribution in [0.3, 0.4) is 0 Å². The van der Waals surface area contributed by atoms with Gasteiger partial charge in [-0.15, -0.1) is 0 Å². The maximum atomic E-state index is 13.3. The molecule has 11 heteroatoms. The highest BCUT2D eigenvalue weighted by Gasteiger charge is 2.37. The second kappa shape index (κ2) is 11.7. The second-order valence-electron chi connectivity index (χ2n) is 10.9. The number of ether oxygens (including phenoxy) is 1. The highest BCUT2D eigenvalue weighted by atomic mass is 28.4. The summed E-state index contributed by atoms with van der Waals surface area (Å²) < 4.78 is 45.6. The van der Waals surface area contributed by atoms with Crippen molar-refractivity contribution < 1.29 is 27.5 Å². The Morgan fingerprint density at radius 3 is 2.47 bits per heavy atom. The molecule has 7 nitrogen and oxygen atoms in total. The molecule has 0 bridgehead atoms. The number of halogens is 3. The van der Waals surface area contributed by atoms with Crippen LogP contribution in [-0.4, -0.2) is 43.7 Å². The third-order valence-electron chi connectivity index (χ3n) is 7.52. The number of piperidine rings is 1. The van der Waals surface area contributed by atoms with Crippen molar-refractivity contribution in [1.82, 2.24) is 4.98 Å². The average molecular weight is 549 g/mol. The van der Waals surface area contributed by atoms with Crippen molar-refractivity contribution in [2.75, 3.05) is 29.9 Å². The number of nitriles is 1. The molecular weight excluding hydrogens is 513 g/mol. The molecule has 0 unspecified atom stereocenters. The van der Waals surface area contributed by atoms with Gasteiger partial charge < -0.3 is 19.7 Å². The summed E-state index contributed by atoms with van der Waals surface area (Å²) in [5.74, 6) is 0.530. The quantitative estimate of drug-likeness (QED) is 0.296. The molecular formula is C27H35F3N4O3Si.